The lowest BCUT2D eigenvalue weighted by Gasteiger charge is -2.24. The van der Waals surface area contributed by atoms with Gasteiger partial charge in [-0.05, 0) is 37.1 Å². The van der Waals surface area contributed by atoms with E-state index in [0.717, 1.165) is 24.1 Å². The molecular formula is C15H18FN3. The van der Waals surface area contributed by atoms with Crippen molar-refractivity contribution in [1.82, 2.24) is 15.1 Å². The number of benzene rings is 1. The van der Waals surface area contributed by atoms with E-state index >= 15 is 0 Å². The van der Waals surface area contributed by atoms with Crippen LogP contribution in [0.5, 0.6) is 0 Å². The highest BCUT2D eigenvalue weighted by Crippen LogP contribution is 2.31. The zero-order valence-corrected chi connectivity index (χ0v) is 11.1. The van der Waals surface area contributed by atoms with Crippen LogP contribution in [0.15, 0.2) is 30.5 Å². The molecule has 19 heavy (non-hydrogen) atoms. The minimum absolute atomic E-state index is 0.204. The Hall–Kier alpha value is -1.68. The lowest BCUT2D eigenvalue weighted by molar-refractivity contribution is 0.394. The van der Waals surface area contributed by atoms with Crippen molar-refractivity contribution in [3.63, 3.8) is 0 Å². The maximum absolute atomic E-state index is 13.0. The molecule has 1 unspecified atom stereocenters. The van der Waals surface area contributed by atoms with Crippen LogP contribution in [-0.4, -0.2) is 16.3 Å². The summed E-state index contributed by atoms with van der Waals surface area (Å²) in [7, 11) is 1.97. The highest BCUT2D eigenvalue weighted by molar-refractivity contribution is 5.66. The number of rotatable bonds is 2. The first-order chi connectivity index (χ1) is 9.25. The largest absolute Gasteiger partial charge is 0.309 e. The van der Waals surface area contributed by atoms with Crippen LogP contribution >= 0.6 is 0 Å². The van der Waals surface area contributed by atoms with Crippen molar-refractivity contribution in [1.29, 1.82) is 0 Å². The van der Waals surface area contributed by atoms with Gasteiger partial charge in [0.15, 0.2) is 0 Å². The molecular weight excluding hydrogens is 241 g/mol. The fourth-order valence-electron chi connectivity index (χ4n) is 2.80. The van der Waals surface area contributed by atoms with E-state index in [2.05, 4.69) is 10.4 Å². The molecule has 4 heteroatoms. The quantitative estimate of drug-likeness (QED) is 0.898. The molecule has 1 aliphatic rings. The summed E-state index contributed by atoms with van der Waals surface area (Å²) in [4.78, 5) is 0. The summed E-state index contributed by atoms with van der Waals surface area (Å²) >= 11 is 0. The zero-order valence-electron chi connectivity index (χ0n) is 11.1. The first kappa shape index (κ1) is 12.4. The van der Waals surface area contributed by atoms with Crippen LogP contribution in [0.25, 0.3) is 11.1 Å². The van der Waals surface area contributed by atoms with Crippen LogP contribution in [0.1, 0.15) is 31.0 Å². The molecule has 0 radical (unpaired) electrons. The van der Waals surface area contributed by atoms with Crippen LogP contribution in [0.2, 0.25) is 0 Å². The fraction of sp³-hybridized carbons (Fsp3) is 0.400. The molecule has 100 valence electrons. The molecule has 1 saturated heterocycles. The molecule has 1 N–H and O–H groups in total. The summed E-state index contributed by atoms with van der Waals surface area (Å²) in [6.07, 6.45) is 5.48. The SMILES string of the molecule is Cn1ncc(-c2ccc(F)cc2)c1C1CCCCN1. The van der Waals surface area contributed by atoms with E-state index in [-0.39, 0.29) is 5.82 Å². The number of piperidine rings is 1. The van der Waals surface area contributed by atoms with Gasteiger partial charge in [0.2, 0.25) is 0 Å². The number of nitrogens with one attached hydrogen (secondary N) is 1. The maximum atomic E-state index is 13.0. The van der Waals surface area contributed by atoms with Crippen molar-refractivity contribution < 1.29 is 4.39 Å². The van der Waals surface area contributed by atoms with Crippen LogP contribution < -0.4 is 5.32 Å². The summed E-state index contributed by atoms with van der Waals surface area (Å²) in [6.45, 7) is 1.05. The second-order valence-electron chi connectivity index (χ2n) is 5.08. The monoisotopic (exact) mass is 259 g/mol. The summed E-state index contributed by atoms with van der Waals surface area (Å²) in [5, 5.41) is 7.92. The maximum Gasteiger partial charge on any atom is 0.123 e. The van der Waals surface area contributed by atoms with Gasteiger partial charge in [-0.25, -0.2) is 4.39 Å². The Bertz CT molecular complexity index is 553. The Morgan fingerprint density at radius 3 is 2.74 bits per heavy atom. The van der Waals surface area contributed by atoms with Crippen molar-refractivity contribution in [2.75, 3.05) is 6.54 Å². The second-order valence-corrected chi connectivity index (χ2v) is 5.08. The van der Waals surface area contributed by atoms with Crippen LogP contribution in [-0.2, 0) is 7.05 Å². The molecule has 3 rings (SSSR count). The lowest BCUT2D eigenvalue weighted by Crippen LogP contribution is -2.28. The van der Waals surface area contributed by atoms with Crippen LogP contribution in [0, 0.1) is 5.82 Å². The van der Waals surface area contributed by atoms with Crippen molar-refractivity contribution in [3.05, 3.63) is 42.0 Å². The molecule has 2 heterocycles. The predicted octanol–water partition coefficient (Wildman–Crippen LogP) is 3.04. The molecule has 1 atom stereocenters. The van der Waals surface area contributed by atoms with E-state index in [1.54, 1.807) is 0 Å². The van der Waals surface area contributed by atoms with Gasteiger partial charge < -0.3 is 5.32 Å². The summed E-state index contributed by atoms with van der Waals surface area (Å²) in [6, 6.07) is 6.99. The third kappa shape index (κ3) is 2.40. The first-order valence-electron chi connectivity index (χ1n) is 6.77. The van der Waals surface area contributed by atoms with Crippen LogP contribution in [0.3, 0.4) is 0 Å². The molecule has 3 nitrogen and oxygen atoms in total. The van der Waals surface area contributed by atoms with E-state index in [1.165, 1.54) is 30.7 Å². The highest BCUT2D eigenvalue weighted by Gasteiger charge is 2.22. The Labute approximate surface area is 112 Å². The van der Waals surface area contributed by atoms with E-state index in [4.69, 9.17) is 0 Å². The Morgan fingerprint density at radius 2 is 2.05 bits per heavy atom. The number of halogens is 1. The van der Waals surface area contributed by atoms with Gasteiger partial charge >= 0.3 is 0 Å². The van der Waals surface area contributed by atoms with Crippen molar-refractivity contribution in [2.24, 2.45) is 7.05 Å². The average molecular weight is 259 g/mol. The van der Waals surface area contributed by atoms with Gasteiger partial charge in [-0.15, -0.1) is 0 Å². The molecule has 0 aliphatic carbocycles. The molecule has 1 aromatic heterocycles. The van der Waals surface area contributed by atoms with E-state index in [1.807, 2.05) is 30.1 Å². The minimum atomic E-state index is -0.204. The molecule has 1 aromatic carbocycles. The third-order valence-corrected chi connectivity index (χ3v) is 3.78. The van der Waals surface area contributed by atoms with Gasteiger partial charge in [-0.2, -0.15) is 5.10 Å². The average Bonchev–Trinajstić information content (AvgIpc) is 2.82. The molecule has 1 aliphatic heterocycles. The molecule has 0 spiro atoms. The third-order valence-electron chi connectivity index (χ3n) is 3.78. The van der Waals surface area contributed by atoms with Gasteiger partial charge in [-0.3, -0.25) is 4.68 Å². The fourth-order valence-corrected chi connectivity index (χ4v) is 2.80. The first-order valence-corrected chi connectivity index (χ1v) is 6.77. The van der Waals surface area contributed by atoms with Gasteiger partial charge in [0.25, 0.3) is 0 Å². The van der Waals surface area contributed by atoms with Crippen molar-refractivity contribution in [2.45, 2.75) is 25.3 Å². The van der Waals surface area contributed by atoms with E-state index in [0.29, 0.717) is 6.04 Å². The molecule has 0 bridgehead atoms. The molecule has 0 amide bonds. The van der Waals surface area contributed by atoms with Crippen molar-refractivity contribution in [3.8, 4) is 11.1 Å². The topological polar surface area (TPSA) is 29.9 Å². The van der Waals surface area contributed by atoms with E-state index in [9.17, 15) is 4.39 Å². The summed E-state index contributed by atoms with van der Waals surface area (Å²) in [5.41, 5.74) is 3.32. The minimum Gasteiger partial charge on any atom is -0.309 e. The number of nitrogens with zero attached hydrogens (tertiary/aromatic N) is 2. The van der Waals surface area contributed by atoms with Crippen molar-refractivity contribution >= 4 is 0 Å². The van der Waals surface area contributed by atoms with Gasteiger partial charge in [0, 0.05) is 18.7 Å². The number of hydrogen-bond donors (Lipinski definition) is 1. The van der Waals surface area contributed by atoms with Gasteiger partial charge in [-0.1, -0.05) is 18.6 Å². The Balaban J connectivity index is 1.99. The number of aryl methyl sites for hydroxylation is 1. The Kier molecular flexibility index (Phi) is 3.34. The number of hydrogen-bond acceptors (Lipinski definition) is 2. The molecule has 0 saturated carbocycles. The molecule has 2 aromatic rings. The van der Waals surface area contributed by atoms with Gasteiger partial charge in [0.05, 0.1) is 11.9 Å². The summed E-state index contributed by atoms with van der Waals surface area (Å²) in [5.74, 6) is -0.204. The summed E-state index contributed by atoms with van der Waals surface area (Å²) < 4.78 is 15.0. The predicted molar refractivity (Wildman–Crippen MR) is 73.2 cm³/mol. The van der Waals surface area contributed by atoms with Crippen LogP contribution in [0.4, 0.5) is 4.39 Å². The smallest absolute Gasteiger partial charge is 0.123 e. The van der Waals surface area contributed by atoms with E-state index < -0.39 is 0 Å². The normalized spacial score (nSPS) is 19.6. The second kappa shape index (κ2) is 5.13. The highest BCUT2D eigenvalue weighted by atomic mass is 19.1. The lowest BCUT2D eigenvalue weighted by atomic mass is 9.96. The zero-order chi connectivity index (χ0) is 13.2. The Morgan fingerprint density at radius 1 is 1.26 bits per heavy atom. The molecule has 1 fully saturated rings. The van der Waals surface area contributed by atoms with Gasteiger partial charge in [0.1, 0.15) is 5.82 Å². The standard InChI is InChI=1S/C15H18FN3/c1-19-15(14-4-2-3-9-17-14)13(10-18-19)11-5-7-12(16)8-6-11/h5-8,10,14,17H,2-4,9H2,1H3. The number of aromatic nitrogens is 2.